The fourth-order valence-electron chi connectivity index (χ4n) is 2.83. The number of carbonyl (C=O) groups excluding carboxylic acids is 1. The largest absolute Gasteiger partial charge is 0.355 e. The van der Waals surface area contributed by atoms with Gasteiger partial charge in [-0.05, 0) is 37.3 Å². The van der Waals surface area contributed by atoms with Crippen molar-refractivity contribution in [2.75, 3.05) is 13.1 Å². The predicted molar refractivity (Wildman–Crippen MR) is 92.5 cm³/mol. The van der Waals surface area contributed by atoms with Gasteiger partial charge in [0.25, 0.3) is 5.69 Å². The van der Waals surface area contributed by atoms with Crippen LogP contribution in [0.2, 0.25) is 0 Å². The second-order valence-electron chi connectivity index (χ2n) is 6.52. The van der Waals surface area contributed by atoms with Crippen molar-refractivity contribution >= 4 is 21.6 Å². The molecule has 1 saturated heterocycles. The molecule has 0 aromatic heterocycles. The molecule has 1 atom stereocenters. The van der Waals surface area contributed by atoms with Crippen LogP contribution in [0.1, 0.15) is 33.1 Å². The van der Waals surface area contributed by atoms with Gasteiger partial charge in [-0.1, -0.05) is 13.8 Å². The van der Waals surface area contributed by atoms with E-state index in [2.05, 4.69) is 5.32 Å². The summed E-state index contributed by atoms with van der Waals surface area (Å²) in [6.45, 7) is 4.51. The molecule has 1 amide bonds. The van der Waals surface area contributed by atoms with Gasteiger partial charge >= 0.3 is 0 Å². The molecule has 0 aliphatic carbocycles. The van der Waals surface area contributed by atoms with Crippen LogP contribution in [-0.2, 0) is 14.8 Å². The molecule has 1 aliphatic rings. The summed E-state index contributed by atoms with van der Waals surface area (Å²) in [6, 6.07) is 4.00. The lowest BCUT2D eigenvalue weighted by molar-refractivity contribution is -0.384. The molecule has 9 heteroatoms. The van der Waals surface area contributed by atoms with Crippen LogP contribution in [0.3, 0.4) is 0 Å². The van der Waals surface area contributed by atoms with E-state index in [4.69, 9.17) is 0 Å². The van der Waals surface area contributed by atoms with Crippen LogP contribution in [0.5, 0.6) is 0 Å². The highest BCUT2D eigenvalue weighted by molar-refractivity contribution is 7.89. The number of carbonyl (C=O) groups is 1. The number of rotatable bonds is 6. The normalized spacial score (nSPS) is 18.9. The quantitative estimate of drug-likeness (QED) is 0.608. The predicted octanol–water partition coefficient (Wildman–Crippen LogP) is 1.91. The minimum Gasteiger partial charge on any atom is -0.355 e. The molecular weight excluding hydrogens is 346 g/mol. The Kier molecular flexibility index (Phi) is 6.12. The molecule has 0 spiro atoms. The van der Waals surface area contributed by atoms with E-state index < -0.39 is 21.0 Å². The van der Waals surface area contributed by atoms with E-state index >= 15 is 0 Å². The Balaban J connectivity index is 2.40. The van der Waals surface area contributed by atoms with E-state index in [0.29, 0.717) is 13.0 Å². The Morgan fingerprint density at radius 1 is 1.28 bits per heavy atom. The molecular formula is C16H23N3O5S. The van der Waals surface area contributed by atoms with E-state index in [1.54, 1.807) is 0 Å². The molecule has 138 valence electrons. The van der Waals surface area contributed by atoms with Gasteiger partial charge in [0.15, 0.2) is 0 Å². The molecule has 8 nitrogen and oxygen atoms in total. The Bertz CT molecular complexity index is 731. The number of benzene rings is 1. The van der Waals surface area contributed by atoms with Crippen molar-refractivity contribution < 1.29 is 18.1 Å². The molecule has 0 bridgehead atoms. The average Bonchev–Trinajstić information content (AvgIpc) is 2.77. The van der Waals surface area contributed by atoms with Gasteiger partial charge in [-0.3, -0.25) is 14.9 Å². The molecule has 2 rings (SSSR count). The molecule has 0 radical (unpaired) electrons. The minimum atomic E-state index is -3.94. The SMILES string of the molecule is CC(C)CN([C@@H]1CCCCNC1=O)S(=O)(=O)c1ccc([N+](=O)[O-])cc1. The first kappa shape index (κ1) is 19.3. The van der Waals surface area contributed by atoms with E-state index in [1.807, 2.05) is 13.8 Å². The smallest absolute Gasteiger partial charge is 0.269 e. The lowest BCUT2D eigenvalue weighted by Crippen LogP contribution is -2.49. The van der Waals surface area contributed by atoms with Gasteiger partial charge in [-0.2, -0.15) is 4.31 Å². The molecule has 0 saturated carbocycles. The van der Waals surface area contributed by atoms with Crippen LogP contribution in [0.25, 0.3) is 0 Å². The van der Waals surface area contributed by atoms with E-state index in [0.717, 1.165) is 25.0 Å². The van der Waals surface area contributed by atoms with Crippen molar-refractivity contribution in [1.82, 2.24) is 9.62 Å². The zero-order valence-electron chi connectivity index (χ0n) is 14.3. The Labute approximate surface area is 147 Å². The number of sulfonamides is 1. The second-order valence-corrected chi connectivity index (χ2v) is 8.41. The summed E-state index contributed by atoms with van der Waals surface area (Å²) in [5.74, 6) is -0.257. The minimum absolute atomic E-state index is 0.0314. The van der Waals surface area contributed by atoms with E-state index in [1.165, 1.54) is 16.4 Å². The first-order chi connectivity index (χ1) is 11.7. The maximum Gasteiger partial charge on any atom is 0.269 e. The maximum absolute atomic E-state index is 13.1. The number of nitrogens with one attached hydrogen (secondary N) is 1. The van der Waals surface area contributed by atoms with Gasteiger partial charge in [0.1, 0.15) is 6.04 Å². The summed E-state index contributed by atoms with van der Waals surface area (Å²) < 4.78 is 27.4. The summed E-state index contributed by atoms with van der Waals surface area (Å²) in [6.07, 6.45) is 2.04. The number of nitro groups is 1. The summed E-state index contributed by atoms with van der Waals surface area (Å²) >= 11 is 0. The number of nitro benzene ring substituents is 1. The van der Waals surface area contributed by atoms with Crippen molar-refractivity contribution in [3.8, 4) is 0 Å². The monoisotopic (exact) mass is 369 g/mol. The molecule has 1 aromatic carbocycles. The highest BCUT2D eigenvalue weighted by atomic mass is 32.2. The molecule has 0 unspecified atom stereocenters. The zero-order chi connectivity index (χ0) is 18.6. The third kappa shape index (κ3) is 4.55. The molecule has 1 heterocycles. The van der Waals surface area contributed by atoms with Crippen molar-refractivity contribution in [2.24, 2.45) is 5.92 Å². The molecule has 1 aliphatic heterocycles. The third-order valence-electron chi connectivity index (χ3n) is 4.05. The Hall–Kier alpha value is -2.00. The first-order valence-corrected chi connectivity index (χ1v) is 9.71. The van der Waals surface area contributed by atoms with Crippen LogP contribution in [0.15, 0.2) is 29.2 Å². The summed E-state index contributed by atoms with van der Waals surface area (Å²) in [4.78, 5) is 22.5. The van der Waals surface area contributed by atoms with Crippen LogP contribution in [0, 0.1) is 16.0 Å². The van der Waals surface area contributed by atoms with Crippen LogP contribution in [0.4, 0.5) is 5.69 Å². The molecule has 25 heavy (non-hydrogen) atoms. The molecule has 1 N–H and O–H groups in total. The average molecular weight is 369 g/mol. The lowest BCUT2D eigenvalue weighted by atomic mass is 10.1. The summed E-state index contributed by atoms with van der Waals surface area (Å²) in [5.41, 5.74) is -0.179. The number of hydrogen-bond acceptors (Lipinski definition) is 5. The standard InChI is InChI=1S/C16H23N3O5S/c1-12(2)11-18(15-5-3-4-10-17-16(15)20)25(23,24)14-8-6-13(7-9-14)19(21)22/h6-9,12,15H,3-5,10-11H2,1-2H3,(H,17,20)/t15-/m1/s1. The third-order valence-corrected chi connectivity index (χ3v) is 5.94. The number of nitrogens with zero attached hydrogens (tertiary/aromatic N) is 2. The summed E-state index contributed by atoms with van der Waals surface area (Å²) in [7, 11) is -3.94. The van der Waals surface area contributed by atoms with Gasteiger partial charge in [-0.15, -0.1) is 0 Å². The highest BCUT2D eigenvalue weighted by Crippen LogP contribution is 2.25. The van der Waals surface area contributed by atoms with Gasteiger partial charge in [-0.25, -0.2) is 8.42 Å². The first-order valence-electron chi connectivity index (χ1n) is 8.27. The maximum atomic E-state index is 13.1. The van der Waals surface area contributed by atoms with Gasteiger partial charge in [0.05, 0.1) is 9.82 Å². The molecule has 1 fully saturated rings. The number of non-ortho nitro benzene ring substituents is 1. The second kappa shape index (κ2) is 7.92. The lowest BCUT2D eigenvalue weighted by Gasteiger charge is -2.30. The van der Waals surface area contributed by atoms with Crippen molar-refractivity contribution in [2.45, 2.75) is 44.0 Å². The Morgan fingerprint density at radius 3 is 2.48 bits per heavy atom. The zero-order valence-corrected chi connectivity index (χ0v) is 15.2. The van der Waals surface area contributed by atoms with Gasteiger partial charge < -0.3 is 5.32 Å². The fraction of sp³-hybridized carbons (Fsp3) is 0.562. The number of amides is 1. The summed E-state index contributed by atoms with van der Waals surface area (Å²) in [5, 5.41) is 13.5. The van der Waals surface area contributed by atoms with Crippen LogP contribution < -0.4 is 5.32 Å². The van der Waals surface area contributed by atoms with Crippen molar-refractivity contribution in [3.63, 3.8) is 0 Å². The highest BCUT2D eigenvalue weighted by Gasteiger charge is 2.36. The van der Waals surface area contributed by atoms with E-state index in [9.17, 15) is 23.3 Å². The van der Waals surface area contributed by atoms with Crippen molar-refractivity contribution in [3.05, 3.63) is 34.4 Å². The topological polar surface area (TPSA) is 110 Å². The van der Waals surface area contributed by atoms with Crippen LogP contribution >= 0.6 is 0 Å². The fourth-order valence-corrected chi connectivity index (χ4v) is 4.61. The van der Waals surface area contributed by atoms with E-state index in [-0.39, 0.29) is 29.0 Å². The van der Waals surface area contributed by atoms with Gasteiger partial charge in [0, 0.05) is 25.2 Å². The van der Waals surface area contributed by atoms with Crippen LogP contribution in [-0.4, -0.2) is 42.7 Å². The van der Waals surface area contributed by atoms with Crippen molar-refractivity contribution in [1.29, 1.82) is 0 Å². The van der Waals surface area contributed by atoms with Gasteiger partial charge in [0.2, 0.25) is 15.9 Å². The molecule has 1 aromatic rings. The number of hydrogen-bond donors (Lipinski definition) is 1. The Morgan fingerprint density at radius 2 is 1.92 bits per heavy atom.